The molecule has 2 aliphatic rings. The highest BCUT2D eigenvalue weighted by Crippen LogP contribution is 2.09. The third kappa shape index (κ3) is 4.79. The molecule has 4 heteroatoms. The van der Waals surface area contributed by atoms with Crippen LogP contribution in [-0.4, -0.2) is 92.6 Å². The normalized spacial score (nSPS) is 32.3. The molecule has 2 aliphatic heterocycles. The summed E-state index contributed by atoms with van der Waals surface area (Å²) in [6.07, 6.45) is 2.40. The predicted octanol–water partition coefficient (Wildman–Crippen LogP) is 0.775. The lowest BCUT2D eigenvalue weighted by Crippen LogP contribution is -2.45. The Labute approximate surface area is 118 Å². The zero-order chi connectivity index (χ0) is 13.7. The van der Waals surface area contributed by atoms with E-state index in [4.69, 9.17) is 0 Å². The van der Waals surface area contributed by atoms with Gasteiger partial charge in [0.1, 0.15) is 0 Å². The molecule has 0 radical (unpaired) electrons. The van der Waals surface area contributed by atoms with Crippen molar-refractivity contribution in [2.45, 2.75) is 12.8 Å². The quantitative estimate of drug-likeness (QED) is 0.642. The summed E-state index contributed by atoms with van der Waals surface area (Å²) in [5, 5.41) is 0. The van der Waals surface area contributed by atoms with Crippen molar-refractivity contribution >= 4 is 0 Å². The van der Waals surface area contributed by atoms with Crippen molar-refractivity contribution < 1.29 is 0 Å². The standard InChI is InChI=1S/C15H30N4/c1-15-5-8-19-11-9-16(2)6-4-7-18(13-14-19)12-10-17(15)3/h1,4-14H2,2-3H3. The van der Waals surface area contributed by atoms with Gasteiger partial charge in [-0.25, -0.2) is 0 Å². The van der Waals surface area contributed by atoms with Crippen molar-refractivity contribution in [2.75, 3.05) is 73.0 Å². The maximum Gasteiger partial charge on any atom is 0.0299 e. The van der Waals surface area contributed by atoms with Gasteiger partial charge in [-0.1, -0.05) is 6.58 Å². The molecule has 4 nitrogen and oxygen atoms in total. The van der Waals surface area contributed by atoms with Crippen LogP contribution in [0.4, 0.5) is 0 Å². The van der Waals surface area contributed by atoms with Crippen molar-refractivity contribution in [3.63, 3.8) is 0 Å². The van der Waals surface area contributed by atoms with Gasteiger partial charge in [-0.05, 0) is 33.0 Å². The van der Waals surface area contributed by atoms with E-state index in [1.165, 1.54) is 57.9 Å². The Balaban J connectivity index is 2.01. The van der Waals surface area contributed by atoms with Crippen molar-refractivity contribution in [3.8, 4) is 0 Å². The first-order valence-electron chi connectivity index (χ1n) is 7.67. The Morgan fingerprint density at radius 1 is 0.737 bits per heavy atom. The maximum absolute atomic E-state index is 4.23. The molecule has 19 heavy (non-hydrogen) atoms. The van der Waals surface area contributed by atoms with Gasteiger partial charge >= 0.3 is 0 Å². The Bertz CT molecular complexity index is 292. The maximum atomic E-state index is 4.23. The average Bonchev–Trinajstić information content (AvgIpc) is 2.41. The highest BCUT2D eigenvalue weighted by Gasteiger charge is 2.16. The molecular weight excluding hydrogens is 236 g/mol. The number of fused-ring (bicyclic) bond motifs is 3. The minimum atomic E-state index is 1.11. The molecule has 0 aromatic carbocycles. The van der Waals surface area contributed by atoms with Crippen molar-refractivity contribution in [3.05, 3.63) is 12.3 Å². The molecule has 2 saturated heterocycles. The Morgan fingerprint density at radius 2 is 1.37 bits per heavy atom. The first-order valence-corrected chi connectivity index (χ1v) is 7.67. The molecular formula is C15H30N4. The molecule has 2 heterocycles. The number of hydrogen-bond acceptors (Lipinski definition) is 4. The van der Waals surface area contributed by atoms with Crippen LogP contribution in [0, 0.1) is 0 Å². The van der Waals surface area contributed by atoms with Crippen LogP contribution in [0.3, 0.4) is 0 Å². The lowest BCUT2D eigenvalue weighted by Gasteiger charge is -2.35. The topological polar surface area (TPSA) is 13.0 Å². The SMILES string of the molecule is C=C1CCN2CCN(C)CCCN(CC2)CCN1C. The van der Waals surface area contributed by atoms with Gasteiger partial charge in [0.15, 0.2) is 0 Å². The van der Waals surface area contributed by atoms with E-state index in [0.717, 1.165) is 19.5 Å². The van der Waals surface area contributed by atoms with Crippen LogP contribution >= 0.6 is 0 Å². The smallest absolute Gasteiger partial charge is 0.0299 e. The molecule has 2 bridgehead atoms. The summed E-state index contributed by atoms with van der Waals surface area (Å²) < 4.78 is 0. The highest BCUT2D eigenvalue weighted by atomic mass is 15.2. The Hall–Kier alpha value is -0.580. The van der Waals surface area contributed by atoms with E-state index in [9.17, 15) is 0 Å². The summed E-state index contributed by atoms with van der Waals surface area (Å²) in [5.41, 5.74) is 1.29. The van der Waals surface area contributed by atoms with E-state index in [1.54, 1.807) is 0 Å². The van der Waals surface area contributed by atoms with Gasteiger partial charge in [-0.2, -0.15) is 0 Å². The van der Waals surface area contributed by atoms with E-state index in [1.807, 2.05) is 0 Å². The predicted molar refractivity (Wildman–Crippen MR) is 81.4 cm³/mol. The van der Waals surface area contributed by atoms with Crippen LogP contribution in [0.2, 0.25) is 0 Å². The minimum Gasteiger partial charge on any atom is -0.377 e. The van der Waals surface area contributed by atoms with Gasteiger partial charge in [0.25, 0.3) is 0 Å². The van der Waals surface area contributed by atoms with Gasteiger partial charge in [-0.15, -0.1) is 0 Å². The first-order chi connectivity index (χ1) is 9.15. The number of hydrogen-bond donors (Lipinski definition) is 0. The Morgan fingerprint density at radius 3 is 2.16 bits per heavy atom. The highest BCUT2D eigenvalue weighted by molar-refractivity contribution is 4.94. The van der Waals surface area contributed by atoms with E-state index in [0.29, 0.717) is 0 Å². The fourth-order valence-corrected chi connectivity index (χ4v) is 2.87. The summed E-state index contributed by atoms with van der Waals surface area (Å²) in [4.78, 5) is 10.1. The van der Waals surface area contributed by atoms with Crippen LogP contribution in [0.25, 0.3) is 0 Å². The fraction of sp³-hybridized carbons (Fsp3) is 0.867. The van der Waals surface area contributed by atoms with Gasteiger partial charge in [0.05, 0.1) is 0 Å². The van der Waals surface area contributed by atoms with Crippen LogP contribution in [0.5, 0.6) is 0 Å². The fourth-order valence-electron chi connectivity index (χ4n) is 2.87. The molecule has 0 aromatic heterocycles. The van der Waals surface area contributed by atoms with Crippen LogP contribution in [0.15, 0.2) is 12.3 Å². The van der Waals surface area contributed by atoms with Gasteiger partial charge in [0.2, 0.25) is 0 Å². The second-order valence-corrected chi connectivity index (χ2v) is 6.08. The van der Waals surface area contributed by atoms with E-state index < -0.39 is 0 Å². The van der Waals surface area contributed by atoms with Crippen LogP contribution in [-0.2, 0) is 0 Å². The molecule has 0 aliphatic carbocycles. The molecule has 0 aromatic rings. The summed E-state index contributed by atoms with van der Waals surface area (Å²) in [7, 11) is 4.44. The Kier molecular flexibility index (Phi) is 5.67. The van der Waals surface area contributed by atoms with Crippen molar-refractivity contribution in [2.24, 2.45) is 0 Å². The third-order valence-electron chi connectivity index (χ3n) is 4.55. The number of nitrogens with zero attached hydrogens (tertiary/aromatic N) is 4. The van der Waals surface area contributed by atoms with Gasteiger partial charge in [0, 0.05) is 58.6 Å². The zero-order valence-corrected chi connectivity index (χ0v) is 12.8. The average molecular weight is 266 g/mol. The molecule has 110 valence electrons. The summed E-state index contributed by atoms with van der Waals surface area (Å²) >= 11 is 0. The zero-order valence-electron chi connectivity index (χ0n) is 12.8. The van der Waals surface area contributed by atoms with Gasteiger partial charge in [-0.3, -0.25) is 0 Å². The molecule has 2 unspecified atom stereocenters. The number of rotatable bonds is 0. The van der Waals surface area contributed by atoms with Gasteiger partial charge < -0.3 is 19.6 Å². The molecule has 0 N–H and O–H groups in total. The van der Waals surface area contributed by atoms with Crippen molar-refractivity contribution in [1.82, 2.24) is 19.6 Å². The van der Waals surface area contributed by atoms with Crippen LogP contribution < -0.4 is 0 Å². The third-order valence-corrected chi connectivity index (χ3v) is 4.55. The second-order valence-electron chi connectivity index (χ2n) is 6.08. The molecule has 0 spiro atoms. The van der Waals surface area contributed by atoms with E-state index in [2.05, 4.69) is 40.3 Å². The second kappa shape index (κ2) is 7.27. The minimum absolute atomic E-state index is 1.11. The lowest BCUT2D eigenvalue weighted by atomic mass is 10.2. The van der Waals surface area contributed by atoms with Crippen molar-refractivity contribution in [1.29, 1.82) is 0 Å². The summed E-state index contributed by atoms with van der Waals surface area (Å²) in [5.74, 6) is 0. The molecule has 2 rings (SSSR count). The first kappa shape index (κ1) is 14.8. The molecule has 0 saturated carbocycles. The summed E-state index contributed by atoms with van der Waals surface area (Å²) in [6, 6.07) is 0. The molecule has 2 atom stereocenters. The lowest BCUT2D eigenvalue weighted by molar-refractivity contribution is 0.145. The molecule has 2 fully saturated rings. The monoisotopic (exact) mass is 266 g/mol. The van der Waals surface area contributed by atoms with Crippen LogP contribution in [0.1, 0.15) is 12.8 Å². The largest absolute Gasteiger partial charge is 0.377 e. The number of likely N-dealkylation sites (N-methyl/N-ethyl adjacent to an activating group) is 2. The molecule has 0 amide bonds. The van der Waals surface area contributed by atoms with E-state index >= 15 is 0 Å². The van der Waals surface area contributed by atoms with E-state index in [-0.39, 0.29) is 0 Å². The summed E-state index contributed by atoms with van der Waals surface area (Å²) in [6.45, 7) is 15.0.